The lowest BCUT2D eigenvalue weighted by Gasteiger charge is -2.36. The van der Waals surface area contributed by atoms with Crippen molar-refractivity contribution in [2.45, 2.75) is 25.6 Å². The number of benzene rings is 1. The average Bonchev–Trinajstić information content (AvgIpc) is 2.44. The predicted octanol–water partition coefficient (Wildman–Crippen LogP) is 1.54. The highest BCUT2D eigenvalue weighted by molar-refractivity contribution is 5.20. The molecule has 2 unspecified atom stereocenters. The Labute approximate surface area is 114 Å². The van der Waals surface area contributed by atoms with E-state index in [9.17, 15) is 5.11 Å². The fourth-order valence-corrected chi connectivity index (χ4v) is 2.42. The van der Waals surface area contributed by atoms with Gasteiger partial charge in [0.15, 0.2) is 0 Å². The summed E-state index contributed by atoms with van der Waals surface area (Å²) in [6.45, 7) is 5.60. The van der Waals surface area contributed by atoms with Crippen LogP contribution in [0.2, 0.25) is 0 Å². The molecule has 2 rings (SSSR count). The zero-order chi connectivity index (χ0) is 13.5. The maximum atomic E-state index is 9.17. The van der Waals surface area contributed by atoms with Crippen LogP contribution in [0.4, 0.5) is 0 Å². The SMILES string of the molecule is CC1CN(CCCOc2ccccc2)CC(CO)O1. The van der Waals surface area contributed by atoms with E-state index in [1.165, 1.54) is 0 Å². The van der Waals surface area contributed by atoms with Crippen LogP contribution in [-0.2, 0) is 4.74 Å². The van der Waals surface area contributed by atoms with Crippen LogP contribution in [0.1, 0.15) is 13.3 Å². The first-order valence-corrected chi connectivity index (χ1v) is 6.94. The second-order valence-corrected chi connectivity index (χ2v) is 5.03. The first-order chi connectivity index (χ1) is 9.28. The molecule has 4 nitrogen and oxygen atoms in total. The lowest BCUT2D eigenvalue weighted by atomic mass is 10.2. The number of hydrogen-bond acceptors (Lipinski definition) is 4. The van der Waals surface area contributed by atoms with E-state index in [0.717, 1.165) is 38.4 Å². The van der Waals surface area contributed by atoms with Gasteiger partial charge in [0, 0.05) is 19.6 Å². The Kier molecular flexibility index (Phi) is 5.63. The van der Waals surface area contributed by atoms with Crippen LogP contribution in [0, 0.1) is 0 Å². The summed E-state index contributed by atoms with van der Waals surface area (Å²) in [5, 5.41) is 9.17. The quantitative estimate of drug-likeness (QED) is 0.792. The lowest BCUT2D eigenvalue weighted by molar-refractivity contribution is -0.0955. The van der Waals surface area contributed by atoms with Gasteiger partial charge in [0.2, 0.25) is 0 Å². The molecule has 0 radical (unpaired) electrons. The van der Waals surface area contributed by atoms with Crippen molar-refractivity contribution < 1.29 is 14.6 Å². The molecule has 1 aromatic carbocycles. The molecule has 1 fully saturated rings. The molecule has 0 spiro atoms. The molecule has 0 aromatic heterocycles. The van der Waals surface area contributed by atoms with Gasteiger partial charge in [-0.1, -0.05) is 18.2 Å². The highest BCUT2D eigenvalue weighted by Gasteiger charge is 2.23. The van der Waals surface area contributed by atoms with Gasteiger partial charge in [0.25, 0.3) is 0 Å². The Bertz CT molecular complexity index is 358. The molecule has 4 heteroatoms. The predicted molar refractivity (Wildman–Crippen MR) is 74.4 cm³/mol. The van der Waals surface area contributed by atoms with Crippen molar-refractivity contribution in [3.05, 3.63) is 30.3 Å². The number of rotatable bonds is 6. The number of hydrogen-bond donors (Lipinski definition) is 1. The molecule has 1 aliphatic rings. The third kappa shape index (κ3) is 4.82. The van der Waals surface area contributed by atoms with E-state index in [4.69, 9.17) is 9.47 Å². The summed E-state index contributed by atoms with van der Waals surface area (Å²) in [6, 6.07) is 9.88. The highest BCUT2D eigenvalue weighted by atomic mass is 16.5. The second-order valence-electron chi connectivity index (χ2n) is 5.03. The normalized spacial score (nSPS) is 24.3. The minimum absolute atomic E-state index is 0.0428. The molecular weight excluding hydrogens is 242 g/mol. The van der Waals surface area contributed by atoms with Crippen molar-refractivity contribution in [1.82, 2.24) is 4.90 Å². The molecule has 1 saturated heterocycles. The molecule has 1 aromatic rings. The Balaban J connectivity index is 1.65. The topological polar surface area (TPSA) is 41.9 Å². The maximum Gasteiger partial charge on any atom is 0.119 e. The highest BCUT2D eigenvalue weighted by Crippen LogP contribution is 2.12. The number of aliphatic hydroxyl groups excluding tert-OH is 1. The minimum atomic E-state index is -0.0428. The number of morpholine rings is 1. The first kappa shape index (κ1) is 14.3. The summed E-state index contributed by atoms with van der Waals surface area (Å²) in [5.41, 5.74) is 0. The smallest absolute Gasteiger partial charge is 0.119 e. The van der Waals surface area contributed by atoms with E-state index in [-0.39, 0.29) is 18.8 Å². The number of para-hydroxylation sites is 1. The maximum absolute atomic E-state index is 9.17. The summed E-state index contributed by atoms with van der Waals surface area (Å²) >= 11 is 0. The Hall–Kier alpha value is -1.10. The minimum Gasteiger partial charge on any atom is -0.494 e. The molecule has 19 heavy (non-hydrogen) atoms. The summed E-state index contributed by atoms with van der Waals surface area (Å²) in [5.74, 6) is 0.922. The van der Waals surface area contributed by atoms with Crippen molar-refractivity contribution in [3.63, 3.8) is 0 Å². The fourth-order valence-electron chi connectivity index (χ4n) is 2.42. The molecule has 0 bridgehead atoms. The van der Waals surface area contributed by atoms with Gasteiger partial charge < -0.3 is 14.6 Å². The standard InChI is InChI=1S/C15H23NO3/c1-13-10-16(11-15(12-17)19-13)8-5-9-18-14-6-3-2-4-7-14/h2-4,6-7,13,15,17H,5,8-12H2,1H3. The van der Waals surface area contributed by atoms with Crippen LogP contribution in [-0.4, -0.2) is 55.1 Å². The van der Waals surface area contributed by atoms with E-state index in [1.54, 1.807) is 0 Å². The Morgan fingerprint density at radius 1 is 1.32 bits per heavy atom. The average molecular weight is 265 g/mol. The van der Waals surface area contributed by atoms with Gasteiger partial charge in [-0.3, -0.25) is 4.90 Å². The molecule has 1 aliphatic heterocycles. The van der Waals surface area contributed by atoms with Gasteiger partial charge in [-0.25, -0.2) is 0 Å². The van der Waals surface area contributed by atoms with Crippen LogP contribution >= 0.6 is 0 Å². The van der Waals surface area contributed by atoms with Crippen molar-refractivity contribution >= 4 is 0 Å². The van der Waals surface area contributed by atoms with Gasteiger partial charge in [-0.2, -0.15) is 0 Å². The molecule has 1 heterocycles. The molecule has 106 valence electrons. The van der Waals surface area contributed by atoms with Gasteiger partial charge in [-0.15, -0.1) is 0 Å². The third-order valence-corrected chi connectivity index (χ3v) is 3.24. The molecule has 0 amide bonds. The summed E-state index contributed by atoms with van der Waals surface area (Å²) in [4.78, 5) is 2.34. The number of ether oxygens (including phenoxy) is 2. The zero-order valence-electron chi connectivity index (χ0n) is 11.5. The zero-order valence-corrected chi connectivity index (χ0v) is 11.5. The second kappa shape index (κ2) is 7.48. The molecule has 0 aliphatic carbocycles. The van der Waals surface area contributed by atoms with Crippen LogP contribution in [0.5, 0.6) is 5.75 Å². The van der Waals surface area contributed by atoms with Crippen LogP contribution in [0.25, 0.3) is 0 Å². The number of nitrogens with zero attached hydrogens (tertiary/aromatic N) is 1. The molecule has 0 saturated carbocycles. The summed E-state index contributed by atoms with van der Waals surface area (Å²) in [6.07, 6.45) is 1.14. The van der Waals surface area contributed by atoms with Gasteiger partial charge in [0.05, 0.1) is 25.4 Å². The molecule has 2 atom stereocenters. The van der Waals surface area contributed by atoms with E-state index < -0.39 is 0 Å². The Morgan fingerprint density at radius 3 is 2.84 bits per heavy atom. The van der Waals surface area contributed by atoms with Crippen LogP contribution in [0.15, 0.2) is 30.3 Å². The van der Waals surface area contributed by atoms with Crippen LogP contribution < -0.4 is 4.74 Å². The largest absolute Gasteiger partial charge is 0.494 e. The van der Waals surface area contributed by atoms with Crippen molar-refractivity contribution in [1.29, 1.82) is 0 Å². The van der Waals surface area contributed by atoms with Crippen molar-refractivity contribution in [2.24, 2.45) is 0 Å². The van der Waals surface area contributed by atoms with Crippen LogP contribution in [0.3, 0.4) is 0 Å². The Morgan fingerprint density at radius 2 is 2.11 bits per heavy atom. The fraction of sp³-hybridized carbons (Fsp3) is 0.600. The molecular formula is C15H23NO3. The molecule has 1 N–H and O–H groups in total. The third-order valence-electron chi connectivity index (χ3n) is 3.24. The van der Waals surface area contributed by atoms with Gasteiger partial charge in [0.1, 0.15) is 5.75 Å². The summed E-state index contributed by atoms with van der Waals surface area (Å²) < 4.78 is 11.3. The van der Waals surface area contributed by atoms with Gasteiger partial charge >= 0.3 is 0 Å². The van der Waals surface area contributed by atoms with Gasteiger partial charge in [-0.05, 0) is 25.5 Å². The van der Waals surface area contributed by atoms with Crippen molar-refractivity contribution in [2.75, 3.05) is 32.8 Å². The van der Waals surface area contributed by atoms with E-state index in [2.05, 4.69) is 11.8 Å². The van der Waals surface area contributed by atoms with Crippen molar-refractivity contribution in [3.8, 4) is 5.75 Å². The lowest BCUT2D eigenvalue weighted by Crippen LogP contribution is -2.48. The first-order valence-electron chi connectivity index (χ1n) is 6.94. The monoisotopic (exact) mass is 265 g/mol. The van der Waals surface area contributed by atoms with E-state index in [1.807, 2.05) is 30.3 Å². The van der Waals surface area contributed by atoms with E-state index in [0.29, 0.717) is 0 Å². The summed E-state index contributed by atoms with van der Waals surface area (Å²) in [7, 11) is 0. The number of aliphatic hydroxyl groups is 1. The van der Waals surface area contributed by atoms with E-state index >= 15 is 0 Å².